The van der Waals surface area contributed by atoms with Crippen LogP contribution in [0.4, 0.5) is 15.8 Å². The Balaban J connectivity index is 2.45. The van der Waals surface area contributed by atoms with Gasteiger partial charge in [-0.05, 0) is 32.9 Å². The summed E-state index contributed by atoms with van der Waals surface area (Å²) < 4.78 is 15.5. The van der Waals surface area contributed by atoms with Crippen molar-refractivity contribution in [3.05, 3.63) is 51.7 Å². The van der Waals surface area contributed by atoms with Gasteiger partial charge in [-0.3, -0.25) is 14.4 Å². The van der Waals surface area contributed by atoms with E-state index in [9.17, 15) is 19.1 Å². The maximum atomic E-state index is 14.2. The van der Waals surface area contributed by atoms with Crippen LogP contribution in [0.1, 0.15) is 29.8 Å². The first-order chi connectivity index (χ1) is 12.6. The molecule has 0 aliphatic carbocycles. The first kappa shape index (κ1) is 20.7. The van der Waals surface area contributed by atoms with Crippen LogP contribution in [-0.4, -0.2) is 35.6 Å². The zero-order valence-corrected chi connectivity index (χ0v) is 16.0. The summed E-state index contributed by atoms with van der Waals surface area (Å²) in [6.45, 7) is 4.44. The van der Waals surface area contributed by atoms with E-state index in [0.29, 0.717) is 0 Å². The minimum absolute atomic E-state index is 0.100. The lowest BCUT2D eigenvalue weighted by Crippen LogP contribution is -2.39. The largest absolute Gasteiger partial charge is 0.393 e. The summed E-state index contributed by atoms with van der Waals surface area (Å²) in [5.41, 5.74) is 2.39. The number of aryl methyl sites for hydroxylation is 1. The van der Waals surface area contributed by atoms with E-state index in [0.717, 1.165) is 5.46 Å². The van der Waals surface area contributed by atoms with Gasteiger partial charge in [-0.25, -0.2) is 9.87 Å². The van der Waals surface area contributed by atoms with E-state index in [1.54, 1.807) is 34.7 Å². The van der Waals surface area contributed by atoms with Crippen LogP contribution in [-0.2, 0) is 11.9 Å². The molecule has 0 fully saturated rings. The Morgan fingerprint density at radius 2 is 2.07 bits per heavy atom. The number of carbonyl (C=O) groups is 1. The lowest BCUT2D eigenvalue weighted by atomic mass is 9.96. The second kappa shape index (κ2) is 7.93. The number of aliphatic hydroxyl groups excluding tert-OH is 1. The molecular weight excluding hydrogens is 352 g/mol. The van der Waals surface area contributed by atoms with E-state index < -0.39 is 17.3 Å². The number of rotatable bonds is 6. The van der Waals surface area contributed by atoms with Crippen LogP contribution in [0.5, 0.6) is 0 Å². The molecule has 7 nitrogen and oxygen atoms in total. The fraction of sp³-hybridized carbons (Fsp3) is 0.333. The third-order valence-corrected chi connectivity index (χ3v) is 4.04. The Bertz CT molecular complexity index is 928. The van der Waals surface area contributed by atoms with E-state index in [1.165, 1.54) is 29.9 Å². The van der Waals surface area contributed by atoms with Gasteiger partial charge in [0.15, 0.2) is 0 Å². The van der Waals surface area contributed by atoms with Crippen LogP contribution < -0.4 is 21.8 Å². The van der Waals surface area contributed by atoms with Crippen LogP contribution in [0, 0.1) is 12.7 Å². The van der Waals surface area contributed by atoms with Crippen molar-refractivity contribution in [2.45, 2.75) is 26.4 Å². The van der Waals surface area contributed by atoms with Gasteiger partial charge in [-0.15, -0.1) is 0 Å². The van der Waals surface area contributed by atoms with Crippen molar-refractivity contribution in [3.8, 4) is 0 Å². The summed E-state index contributed by atoms with van der Waals surface area (Å²) in [5, 5.41) is 12.1. The van der Waals surface area contributed by atoms with Gasteiger partial charge in [-0.1, -0.05) is 11.5 Å². The first-order valence-electron chi connectivity index (χ1n) is 8.38. The second-order valence-electron chi connectivity index (χ2n) is 7.02. The highest BCUT2D eigenvalue weighted by Crippen LogP contribution is 2.24. The van der Waals surface area contributed by atoms with Crippen molar-refractivity contribution >= 4 is 30.6 Å². The Kier molecular flexibility index (Phi) is 6.07. The molecule has 9 heteroatoms. The van der Waals surface area contributed by atoms with E-state index in [4.69, 9.17) is 4.84 Å². The molecule has 0 aliphatic rings. The summed E-state index contributed by atoms with van der Waals surface area (Å²) >= 11 is 0. The molecule has 0 atom stereocenters. The number of aromatic nitrogens is 1. The number of pyridine rings is 1. The molecule has 1 aromatic carbocycles. The molecule has 0 unspecified atom stereocenters. The van der Waals surface area contributed by atoms with Crippen LogP contribution in [0.2, 0.25) is 0 Å². The SMILES string of the molecule is Bc1ccc(Nc2c(C(=O)NOC(C)(C)CO)cn(C)c(=O)c2C)c(F)c1. The number of hydrogen-bond donors (Lipinski definition) is 3. The Labute approximate surface area is 157 Å². The summed E-state index contributed by atoms with van der Waals surface area (Å²) in [5.74, 6) is -1.13. The van der Waals surface area contributed by atoms with Crippen molar-refractivity contribution in [2.75, 3.05) is 11.9 Å². The minimum Gasteiger partial charge on any atom is -0.393 e. The second-order valence-corrected chi connectivity index (χ2v) is 7.02. The lowest BCUT2D eigenvalue weighted by Gasteiger charge is -2.23. The smallest absolute Gasteiger partial charge is 0.278 e. The van der Waals surface area contributed by atoms with E-state index in [2.05, 4.69) is 10.8 Å². The topological polar surface area (TPSA) is 92.6 Å². The third-order valence-electron chi connectivity index (χ3n) is 4.04. The van der Waals surface area contributed by atoms with Crippen molar-refractivity contribution in [3.63, 3.8) is 0 Å². The monoisotopic (exact) mass is 375 g/mol. The molecule has 3 N–H and O–H groups in total. The van der Waals surface area contributed by atoms with E-state index >= 15 is 0 Å². The van der Waals surface area contributed by atoms with Crippen LogP contribution >= 0.6 is 0 Å². The molecule has 0 radical (unpaired) electrons. The number of aliphatic hydroxyl groups is 1. The van der Waals surface area contributed by atoms with Gasteiger partial charge < -0.3 is 15.0 Å². The molecule has 2 aromatic rings. The van der Waals surface area contributed by atoms with Gasteiger partial charge >= 0.3 is 0 Å². The predicted octanol–water partition coefficient (Wildman–Crippen LogP) is 0.267. The maximum absolute atomic E-state index is 14.2. The summed E-state index contributed by atoms with van der Waals surface area (Å²) in [6, 6.07) is 4.61. The van der Waals surface area contributed by atoms with Crippen LogP contribution in [0.3, 0.4) is 0 Å². The summed E-state index contributed by atoms with van der Waals surface area (Å²) in [4.78, 5) is 30.1. The predicted molar refractivity (Wildman–Crippen MR) is 104 cm³/mol. The van der Waals surface area contributed by atoms with E-state index in [-0.39, 0.29) is 34.7 Å². The van der Waals surface area contributed by atoms with Gasteiger partial charge in [0, 0.05) is 18.8 Å². The number of hydroxylamine groups is 1. The van der Waals surface area contributed by atoms with Gasteiger partial charge in [0.05, 0.1) is 23.5 Å². The molecule has 144 valence electrons. The standard InChI is InChI=1S/C18H23BFN3O4/c1-10-15(21-14-6-5-11(19)7-13(14)20)12(8-23(4)17(10)26)16(25)22-27-18(2,3)9-24/h5-8,21,24H,9,19H2,1-4H3,(H,22,25). The molecule has 0 saturated heterocycles. The molecule has 0 saturated carbocycles. The number of halogens is 1. The minimum atomic E-state index is -0.984. The Morgan fingerprint density at radius 1 is 1.41 bits per heavy atom. The number of hydrogen-bond acceptors (Lipinski definition) is 5. The summed E-state index contributed by atoms with van der Waals surface area (Å²) in [6.07, 6.45) is 1.34. The van der Waals surface area contributed by atoms with Gasteiger partial charge in [0.25, 0.3) is 11.5 Å². The zero-order valence-electron chi connectivity index (χ0n) is 16.0. The number of carbonyl (C=O) groups excluding carboxylic acids is 1. The van der Waals surface area contributed by atoms with Crippen molar-refractivity contribution < 1.29 is 19.1 Å². The lowest BCUT2D eigenvalue weighted by molar-refractivity contribution is -0.0956. The van der Waals surface area contributed by atoms with Crippen molar-refractivity contribution in [1.82, 2.24) is 10.0 Å². The molecule has 1 amide bonds. The maximum Gasteiger partial charge on any atom is 0.278 e. The normalized spacial score (nSPS) is 11.3. The van der Waals surface area contributed by atoms with Crippen molar-refractivity contribution in [1.29, 1.82) is 0 Å². The average molecular weight is 375 g/mol. The fourth-order valence-corrected chi connectivity index (χ4v) is 2.35. The average Bonchev–Trinajstić information content (AvgIpc) is 2.61. The zero-order chi connectivity index (χ0) is 20.4. The fourth-order valence-electron chi connectivity index (χ4n) is 2.35. The molecule has 0 spiro atoms. The highest BCUT2D eigenvalue weighted by molar-refractivity contribution is 6.32. The number of anilines is 2. The Hall–Kier alpha value is -2.65. The molecule has 1 heterocycles. The van der Waals surface area contributed by atoms with Gasteiger partial charge in [-0.2, -0.15) is 0 Å². The van der Waals surface area contributed by atoms with E-state index in [1.807, 2.05) is 0 Å². The quantitative estimate of drug-likeness (QED) is 0.498. The van der Waals surface area contributed by atoms with Crippen LogP contribution in [0.15, 0.2) is 29.2 Å². The first-order valence-corrected chi connectivity index (χ1v) is 8.38. The van der Waals surface area contributed by atoms with Crippen molar-refractivity contribution in [2.24, 2.45) is 7.05 Å². The molecule has 2 rings (SSSR count). The molecule has 1 aromatic heterocycles. The molecule has 0 aliphatic heterocycles. The summed E-state index contributed by atoms with van der Waals surface area (Å²) in [7, 11) is 3.27. The highest BCUT2D eigenvalue weighted by Gasteiger charge is 2.23. The van der Waals surface area contributed by atoms with Gasteiger partial charge in [0.1, 0.15) is 19.3 Å². The number of benzene rings is 1. The molecule has 27 heavy (non-hydrogen) atoms. The molecule has 0 bridgehead atoms. The van der Waals surface area contributed by atoms with Crippen LogP contribution in [0.25, 0.3) is 0 Å². The highest BCUT2D eigenvalue weighted by atomic mass is 19.1. The molecular formula is C18H23BFN3O4. The van der Waals surface area contributed by atoms with Gasteiger partial charge in [0.2, 0.25) is 0 Å². The third kappa shape index (κ3) is 4.75. The number of nitrogens with zero attached hydrogens (tertiary/aromatic N) is 1. The Morgan fingerprint density at radius 3 is 2.67 bits per heavy atom. The number of nitrogens with one attached hydrogen (secondary N) is 2. The number of amides is 1.